The minimum Gasteiger partial charge on any atom is -0.446 e. The lowest BCUT2D eigenvalue weighted by Gasteiger charge is -2.31. The van der Waals surface area contributed by atoms with Gasteiger partial charge in [-0.3, -0.25) is 0 Å². The van der Waals surface area contributed by atoms with Crippen LogP contribution in [0.3, 0.4) is 0 Å². The summed E-state index contributed by atoms with van der Waals surface area (Å²) < 4.78 is 5.61. The number of amides is 1. The standard InChI is InChI=1S/C14H23NO2/c1-8(2)15-14(16)17-13-7-9-6-12(13)11-5-3-4-10(9)11/h8-13H,3-7H2,1-2H3,(H,15,16)/t9-,10+,11-,12-,13-/m0/s1. The van der Waals surface area contributed by atoms with E-state index >= 15 is 0 Å². The molecule has 3 rings (SSSR count). The maximum absolute atomic E-state index is 11.6. The molecule has 3 saturated carbocycles. The minimum absolute atomic E-state index is 0.167. The van der Waals surface area contributed by atoms with E-state index in [1.165, 1.54) is 25.7 Å². The van der Waals surface area contributed by atoms with Crippen LogP contribution >= 0.6 is 0 Å². The third-order valence-electron chi connectivity index (χ3n) is 5.03. The first-order chi connectivity index (χ1) is 8.15. The minimum atomic E-state index is -0.216. The zero-order valence-electron chi connectivity index (χ0n) is 10.8. The van der Waals surface area contributed by atoms with E-state index in [4.69, 9.17) is 4.74 Å². The molecule has 3 fully saturated rings. The van der Waals surface area contributed by atoms with E-state index in [2.05, 4.69) is 5.32 Å². The van der Waals surface area contributed by atoms with Gasteiger partial charge in [-0.25, -0.2) is 4.79 Å². The van der Waals surface area contributed by atoms with Crippen LogP contribution in [0.15, 0.2) is 0 Å². The van der Waals surface area contributed by atoms with Crippen molar-refractivity contribution in [2.45, 2.75) is 58.1 Å². The van der Waals surface area contributed by atoms with Crippen molar-refractivity contribution in [2.24, 2.45) is 23.7 Å². The maximum Gasteiger partial charge on any atom is 0.407 e. The summed E-state index contributed by atoms with van der Waals surface area (Å²) in [6.45, 7) is 3.93. The van der Waals surface area contributed by atoms with Crippen LogP contribution in [0.2, 0.25) is 0 Å². The molecule has 3 aliphatic rings. The van der Waals surface area contributed by atoms with Gasteiger partial charge in [0.2, 0.25) is 0 Å². The first-order valence-corrected chi connectivity index (χ1v) is 7.12. The van der Waals surface area contributed by atoms with Crippen molar-refractivity contribution in [1.82, 2.24) is 5.32 Å². The Bertz CT molecular complexity index is 315. The van der Waals surface area contributed by atoms with E-state index in [1.54, 1.807) is 0 Å². The van der Waals surface area contributed by atoms with Gasteiger partial charge in [0, 0.05) is 6.04 Å². The summed E-state index contributed by atoms with van der Waals surface area (Å²) in [7, 11) is 0. The molecule has 2 bridgehead atoms. The van der Waals surface area contributed by atoms with Crippen molar-refractivity contribution >= 4 is 6.09 Å². The highest BCUT2D eigenvalue weighted by Crippen LogP contribution is 2.59. The van der Waals surface area contributed by atoms with Crippen LogP contribution in [-0.2, 0) is 4.74 Å². The van der Waals surface area contributed by atoms with E-state index in [0.717, 1.165) is 24.2 Å². The highest BCUT2D eigenvalue weighted by molar-refractivity contribution is 5.67. The predicted molar refractivity (Wildman–Crippen MR) is 65.6 cm³/mol. The van der Waals surface area contributed by atoms with Gasteiger partial charge in [-0.15, -0.1) is 0 Å². The van der Waals surface area contributed by atoms with Crippen LogP contribution in [0.25, 0.3) is 0 Å². The van der Waals surface area contributed by atoms with Gasteiger partial charge in [-0.1, -0.05) is 6.42 Å². The smallest absolute Gasteiger partial charge is 0.407 e. The third kappa shape index (κ3) is 1.94. The predicted octanol–water partition coefficient (Wildman–Crippen LogP) is 2.95. The third-order valence-corrected chi connectivity index (χ3v) is 5.03. The maximum atomic E-state index is 11.6. The zero-order valence-corrected chi connectivity index (χ0v) is 10.8. The second-order valence-electron chi connectivity index (χ2n) is 6.40. The molecule has 0 aromatic rings. The SMILES string of the molecule is CC(C)NC(=O)O[C@H]1C[C@@H]2C[C@H]1[C@H]1CCC[C@H]21. The van der Waals surface area contributed by atoms with E-state index in [1.807, 2.05) is 13.8 Å². The lowest BCUT2D eigenvalue weighted by Crippen LogP contribution is -2.38. The van der Waals surface area contributed by atoms with Crippen molar-refractivity contribution in [2.75, 3.05) is 0 Å². The van der Waals surface area contributed by atoms with E-state index in [9.17, 15) is 4.79 Å². The average Bonchev–Trinajstić information content (AvgIpc) is 2.83. The largest absolute Gasteiger partial charge is 0.446 e. The Morgan fingerprint density at radius 2 is 1.94 bits per heavy atom. The summed E-state index contributed by atoms with van der Waals surface area (Å²) in [6, 6.07) is 0.167. The second kappa shape index (κ2) is 4.18. The number of hydrogen-bond acceptors (Lipinski definition) is 2. The molecule has 5 atom stereocenters. The van der Waals surface area contributed by atoms with Crippen LogP contribution in [0.5, 0.6) is 0 Å². The number of fused-ring (bicyclic) bond motifs is 5. The van der Waals surface area contributed by atoms with E-state index in [-0.39, 0.29) is 18.2 Å². The lowest BCUT2D eigenvalue weighted by molar-refractivity contribution is 0.0342. The molecule has 96 valence electrons. The van der Waals surface area contributed by atoms with Crippen LogP contribution in [0, 0.1) is 23.7 Å². The van der Waals surface area contributed by atoms with Crippen molar-refractivity contribution in [1.29, 1.82) is 0 Å². The number of carbonyl (C=O) groups excluding carboxylic acids is 1. The molecule has 0 aliphatic heterocycles. The van der Waals surface area contributed by atoms with E-state index < -0.39 is 0 Å². The van der Waals surface area contributed by atoms with Gasteiger partial charge < -0.3 is 10.1 Å². The van der Waals surface area contributed by atoms with Crippen LogP contribution in [0.1, 0.15) is 46.0 Å². The van der Waals surface area contributed by atoms with Crippen LogP contribution in [-0.4, -0.2) is 18.2 Å². The molecule has 0 spiro atoms. The first-order valence-electron chi connectivity index (χ1n) is 7.12. The van der Waals surface area contributed by atoms with Crippen LogP contribution < -0.4 is 5.32 Å². The van der Waals surface area contributed by atoms with Crippen molar-refractivity contribution in [3.63, 3.8) is 0 Å². The Labute approximate surface area is 103 Å². The monoisotopic (exact) mass is 237 g/mol. The van der Waals surface area contributed by atoms with E-state index in [0.29, 0.717) is 5.92 Å². The summed E-state index contributed by atoms with van der Waals surface area (Å²) in [5, 5.41) is 2.83. The summed E-state index contributed by atoms with van der Waals surface area (Å²) >= 11 is 0. The molecular weight excluding hydrogens is 214 g/mol. The van der Waals surface area contributed by atoms with Gasteiger partial charge in [-0.2, -0.15) is 0 Å². The molecule has 17 heavy (non-hydrogen) atoms. The van der Waals surface area contributed by atoms with Gasteiger partial charge in [-0.05, 0) is 63.2 Å². The normalized spacial score (nSPS) is 42.9. The molecule has 3 nitrogen and oxygen atoms in total. The molecule has 0 aromatic carbocycles. The number of alkyl carbamates (subject to hydrolysis) is 1. The number of ether oxygens (including phenoxy) is 1. The number of rotatable bonds is 2. The Hall–Kier alpha value is -0.730. The van der Waals surface area contributed by atoms with Gasteiger partial charge in [0.25, 0.3) is 0 Å². The fraction of sp³-hybridized carbons (Fsp3) is 0.929. The molecular formula is C14H23NO2. The highest BCUT2D eigenvalue weighted by Gasteiger charge is 2.55. The topological polar surface area (TPSA) is 38.3 Å². The number of hydrogen-bond donors (Lipinski definition) is 1. The van der Waals surface area contributed by atoms with Gasteiger partial charge in [0.05, 0.1) is 0 Å². The lowest BCUT2D eigenvalue weighted by atomic mass is 9.80. The average molecular weight is 237 g/mol. The molecule has 0 saturated heterocycles. The second-order valence-corrected chi connectivity index (χ2v) is 6.40. The molecule has 0 radical (unpaired) electrons. The van der Waals surface area contributed by atoms with Gasteiger partial charge in [0.15, 0.2) is 0 Å². The molecule has 0 heterocycles. The Balaban J connectivity index is 1.58. The van der Waals surface area contributed by atoms with Gasteiger partial charge in [0.1, 0.15) is 6.10 Å². The van der Waals surface area contributed by atoms with Crippen LogP contribution in [0.4, 0.5) is 4.79 Å². The summed E-state index contributed by atoms with van der Waals surface area (Å²) in [6.07, 6.45) is 6.62. The molecule has 3 heteroatoms. The number of nitrogens with one attached hydrogen (secondary N) is 1. The van der Waals surface area contributed by atoms with Crippen molar-refractivity contribution < 1.29 is 9.53 Å². The Morgan fingerprint density at radius 1 is 1.18 bits per heavy atom. The fourth-order valence-electron chi connectivity index (χ4n) is 4.55. The Morgan fingerprint density at radius 3 is 2.71 bits per heavy atom. The fourth-order valence-corrected chi connectivity index (χ4v) is 4.55. The van der Waals surface area contributed by atoms with Gasteiger partial charge >= 0.3 is 6.09 Å². The van der Waals surface area contributed by atoms with Crippen molar-refractivity contribution in [3.05, 3.63) is 0 Å². The summed E-state index contributed by atoms with van der Waals surface area (Å²) in [5.41, 5.74) is 0. The number of carbonyl (C=O) groups is 1. The quantitative estimate of drug-likeness (QED) is 0.802. The molecule has 1 N–H and O–H groups in total. The van der Waals surface area contributed by atoms with Crippen molar-refractivity contribution in [3.8, 4) is 0 Å². The molecule has 1 amide bonds. The summed E-state index contributed by atoms with van der Waals surface area (Å²) in [4.78, 5) is 11.6. The highest BCUT2D eigenvalue weighted by atomic mass is 16.6. The zero-order chi connectivity index (χ0) is 12.0. The molecule has 0 unspecified atom stereocenters. The Kier molecular flexibility index (Phi) is 2.80. The molecule has 0 aromatic heterocycles. The summed E-state index contributed by atoms with van der Waals surface area (Å²) in [5.74, 6) is 3.35. The first kappa shape index (κ1) is 11.4. The molecule has 3 aliphatic carbocycles.